The molecular weight excluding hydrogens is 372 g/mol. The molecule has 29 heavy (non-hydrogen) atoms. The van der Waals surface area contributed by atoms with E-state index in [0.29, 0.717) is 17.5 Å². The molecule has 1 aliphatic rings. The fourth-order valence-electron chi connectivity index (χ4n) is 3.73. The first-order valence-electron chi connectivity index (χ1n) is 9.64. The van der Waals surface area contributed by atoms with Crippen LogP contribution in [-0.4, -0.2) is 37.6 Å². The van der Waals surface area contributed by atoms with E-state index in [9.17, 15) is 4.79 Å². The van der Waals surface area contributed by atoms with E-state index in [0.717, 1.165) is 36.2 Å². The molecule has 2 atom stereocenters. The summed E-state index contributed by atoms with van der Waals surface area (Å²) in [6.45, 7) is 5.95. The number of hydrogen-bond acceptors (Lipinski definition) is 7. The second-order valence-electron chi connectivity index (χ2n) is 7.89. The lowest BCUT2D eigenvalue weighted by atomic mass is 9.85. The molecule has 9 heteroatoms. The first-order chi connectivity index (χ1) is 13.9. The molecule has 2 unspecified atom stereocenters. The van der Waals surface area contributed by atoms with Crippen LogP contribution in [-0.2, 0) is 16.6 Å². The van der Waals surface area contributed by atoms with Crippen molar-refractivity contribution >= 4 is 11.7 Å². The summed E-state index contributed by atoms with van der Waals surface area (Å²) in [5.74, 6) is 1.41. The van der Waals surface area contributed by atoms with Gasteiger partial charge in [-0.1, -0.05) is 12.1 Å². The number of aromatic nitrogens is 5. The van der Waals surface area contributed by atoms with Gasteiger partial charge in [-0.2, -0.15) is 10.2 Å². The fourth-order valence-corrected chi connectivity index (χ4v) is 3.73. The zero-order chi connectivity index (χ0) is 20.4. The van der Waals surface area contributed by atoms with Gasteiger partial charge in [0.15, 0.2) is 5.82 Å². The zero-order valence-corrected chi connectivity index (χ0v) is 16.7. The number of anilines is 1. The lowest BCUT2D eigenvalue weighted by Gasteiger charge is -2.22. The summed E-state index contributed by atoms with van der Waals surface area (Å²) < 4.78 is 11.2. The van der Waals surface area contributed by atoms with Crippen molar-refractivity contribution in [2.45, 2.75) is 58.0 Å². The number of rotatable bonds is 6. The van der Waals surface area contributed by atoms with Crippen LogP contribution in [0.3, 0.4) is 0 Å². The molecule has 0 spiro atoms. The van der Waals surface area contributed by atoms with Crippen LogP contribution in [0.15, 0.2) is 28.9 Å². The minimum absolute atomic E-state index is 0.0615. The van der Waals surface area contributed by atoms with E-state index < -0.39 is 0 Å². The largest absolute Gasteiger partial charge is 0.473 e. The van der Waals surface area contributed by atoms with Crippen molar-refractivity contribution in [3.8, 4) is 5.88 Å². The van der Waals surface area contributed by atoms with Crippen molar-refractivity contribution in [1.82, 2.24) is 25.6 Å². The Morgan fingerprint density at radius 1 is 1.41 bits per heavy atom. The Bertz CT molecular complexity index is 1010. The molecule has 3 aromatic heterocycles. The normalized spacial score (nSPS) is 21.3. The number of nitrogens with zero attached hydrogens (tertiary/aromatic N) is 4. The molecule has 9 nitrogen and oxygen atoms in total. The highest BCUT2D eigenvalue weighted by molar-refractivity contribution is 5.91. The van der Waals surface area contributed by atoms with E-state index in [-0.39, 0.29) is 23.8 Å². The Morgan fingerprint density at radius 2 is 2.28 bits per heavy atom. The van der Waals surface area contributed by atoms with Crippen molar-refractivity contribution in [2.75, 3.05) is 5.32 Å². The molecule has 1 fully saturated rings. The van der Waals surface area contributed by atoms with Crippen LogP contribution in [0.25, 0.3) is 0 Å². The second kappa shape index (κ2) is 7.65. The highest BCUT2D eigenvalue weighted by atomic mass is 16.5. The average Bonchev–Trinajstić information content (AvgIpc) is 3.39. The zero-order valence-electron chi connectivity index (χ0n) is 16.7. The van der Waals surface area contributed by atoms with Crippen LogP contribution in [0.2, 0.25) is 0 Å². The van der Waals surface area contributed by atoms with Gasteiger partial charge in [-0.05, 0) is 39.2 Å². The van der Waals surface area contributed by atoms with E-state index in [1.54, 1.807) is 12.3 Å². The third-order valence-corrected chi connectivity index (χ3v) is 5.36. The molecule has 2 N–H and O–H groups in total. The second-order valence-corrected chi connectivity index (χ2v) is 7.89. The van der Waals surface area contributed by atoms with Gasteiger partial charge in [0.1, 0.15) is 11.9 Å². The predicted molar refractivity (Wildman–Crippen MR) is 105 cm³/mol. The molecule has 3 heterocycles. The highest BCUT2D eigenvalue weighted by Gasteiger charge is 2.39. The summed E-state index contributed by atoms with van der Waals surface area (Å²) in [6.07, 6.45) is 4.53. The maximum absolute atomic E-state index is 12.2. The molecule has 1 amide bonds. The minimum Gasteiger partial charge on any atom is -0.473 e. The monoisotopic (exact) mass is 396 g/mol. The van der Waals surface area contributed by atoms with Gasteiger partial charge in [0.05, 0.1) is 18.3 Å². The molecule has 0 saturated heterocycles. The summed E-state index contributed by atoms with van der Waals surface area (Å²) in [6, 6.07) is 5.52. The summed E-state index contributed by atoms with van der Waals surface area (Å²) in [7, 11) is 0. The first kappa shape index (κ1) is 19.1. The quantitative estimate of drug-likeness (QED) is 0.657. The summed E-state index contributed by atoms with van der Waals surface area (Å²) in [5.41, 5.74) is 2.59. The molecule has 0 bridgehead atoms. The molecule has 152 valence electrons. The Morgan fingerprint density at radius 3 is 3.03 bits per heavy atom. The minimum atomic E-state index is -0.199. The standard InChI is InChI=1S/C20H24N6O3/c1-12-5-7-21-25-19(12)28-14-4-6-20(3,11-14)16-10-17(24-23-16)22-18(27)9-15-8-13(2)26-29-15/h5,7-8,10,14H,4,6,9,11H2,1-3H3,(H2,22,23,24,27). The van der Waals surface area contributed by atoms with Crippen molar-refractivity contribution in [2.24, 2.45) is 0 Å². The van der Waals surface area contributed by atoms with Crippen LogP contribution in [0, 0.1) is 13.8 Å². The SMILES string of the molecule is Cc1cc(CC(=O)Nc2cc(C3(C)CCC(Oc4nnccc4C)C3)[nH]n2)on1. The van der Waals surface area contributed by atoms with Crippen molar-refractivity contribution < 1.29 is 14.1 Å². The molecule has 1 aliphatic carbocycles. The Kier molecular flexibility index (Phi) is 5.04. The van der Waals surface area contributed by atoms with Crippen LogP contribution in [0.4, 0.5) is 5.82 Å². The predicted octanol–water partition coefficient (Wildman–Crippen LogP) is 2.87. The Balaban J connectivity index is 1.37. The number of aromatic amines is 1. The lowest BCUT2D eigenvalue weighted by molar-refractivity contribution is -0.115. The molecule has 0 aromatic carbocycles. The maximum Gasteiger partial charge on any atom is 0.236 e. The number of H-pyrrole nitrogens is 1. The van der Waals surface area contributed by atoms with E-state index in [1.165, 1.54) is 0 Å². The number of aryl methyl sites for hydroxylation is 2. The number of hydrogen-bond donors (Lipinski definition) is 2. The molecule has 1 saturated carbocycles. The topological polar surface area (TPSA) is 119 Å². The fraction of sp³-hybridized carbons (Fsp3) is 0.450. The van der Waals surface area contributed by atoms with Crippen LogP contribution < -0.4 is 10.1 Å². The van der Waals surface area contributed by atoms with Crippen LogP contribution in [0.1, 0.15) is 48.9 Å². The Hall–Kier alpha value is -3.23. The number of carbonyl (C=O) groups excluding carboxylic acids is 1. The highest BCUT2D eigenvalue weighted by Crippen LogP contribution is 2.42. The third-order valence-electron chi connectivity index (χ3n) is 5.36. The van der Waals surface area contributed by atoms with E-state index >= 15 is 0 Å². The van der Waals surface area contributed by atoms with Gasteiger partial charge < -0.3 is 14.6 Å². The van der Waals surface area contributed by atoms with Crippen molar-refractivity contribution in [3.63, 3.8) is 0 Å². The number of nitrogens with one attached hydrogen (secondary N) is 2. The van der Waals surface area contributed by atoms with E-state index in [2.05, 4.69) is 37.8 Å². The van der Waals surface area contributed by atoms with Crippen LogP contribution in [0.5, 0.6) is 5.88 Å². The first-order valence-corrected chi connectivity index (χ1v) is 9.64. The number of ether oxygens (including phenoxy) is 1. The number of amides is 1. The van der Waals surface area contributed by atoms with E-state index in [4.69, 9.17) is 9.26 Å². The summed E-state index contributed by atoms with van der Waals surface area (Å²) in [5, 5.41) is 21.9. The van der Waals surface area contributed by atoms with E-state index in [1.807, 2.05) is 26.0 Å². The molecule has 0 radical (unpaired) electrons. The summed E-state index contributed by atoms with van der Waals surface area (Å²) >= 11 is 0. The van der Waals surface area contributed by atoms with Crippen LogP contribution >= 0.6 is 0 Å². The van der Waals surface area contributed by atoms with Crippen molar-refractivity contribution in [3.05, 3.63) is 47.1 Å². The van der Waals surface area contributed by atoms with Gasteiger partial charge >= 0.3 is 0 Å². The number of carbonyl (C=O) groups is 1. The lowest BCUT2D eigenvalue weighted by Crippen LogP contribution is -2.22. The Labute approximate surface area is 168 Å². The molecule has 4 rings (SSSR count). The van der Waals surface area contributed by atoms with Gasteiger partial charge in [-0.25, -0.2) is 0 Å². The van der Waals surface area contributed by atoms with Gasteiger partial charge in [0, 0.05) is 28.8 Å². The smallest absolute Gasteiger partial charge is 0.236 e. The maximum atomic E-state index is 12.2. The molecular formula is C20H24N6O3. The average molecular weight is 396 g/mol. The van der Waals surface area contributed by atoms with Gasteiger partial charge in [-0.3, -0.25) is 9.89 Å². The van der Waals surface area contributed by atoms with Gasteiger partial charge in [0.25, 0.3) is 0 Å². The summed E-state index contributed by atoms with van der Waals surface area (Å²) in [4.78, 5) is 12.2. The van der Waals surface area contributed by atoms with Gasteiger partial charge in [0.2, 0.25) is 11.8 Å². The van der Waals surface area contributed by atoms with Gasteiger partial charge in [-0.15, -0.1) is 5.10 Å². The molecule has 3 aromatic rings. The van der Waals surface area contributed by atoms with Crippen molar-refractivity contribution in [1.29, 1.82) is 0 Å². The molecule has 0 aliphatic heterocycles. The third kappa shape index (κ3) is 4.28.